The van der Waals surface area contributed by atoms with Crippen LogP contribution in [-0.4, -0.2) is 32.6 Å². The van der Waals surface area contributed by atoms with E-state index in [9.17, 15) is 9.90 Å². The van der Waals surface area contributed by atoms with Gasteiger partial charge in [0.15, 0.2) is 5.65 Å². The van der Waals surface area contributed by atoms with Crippen molar-refractivity contribution in [2.45, 2.75) is 26.2 Å². The van der Waals surface area contributed by atoms with Crippen LogP contribution in [0.15, 0.2) is 66.9 Å². The second-order valence-corrected chi connectivity index (χ2v) is 7.64. The largest absolute Gasteiger partial charge is 0.507 e. The van der Waals surface area contributed by atoms with Crippen LogP contribution in [-0.2, 0) is 6.42 Å². The molecule has 0 saturated carbocycles. The van der Waals surface area contributed by atoms with Crippen LogP contribution in [0.4, 0.5) is 10.6 Å². The van der Waals surface area contributed by atoms with E-state index in [0.29, 0.717) is 34.8 Å². The molecule has 0 radical (unpaired) electrons. The molecule has 2 aromatic carbocycles. The van der Waals surface area contributed by atoms with Crippen molar-refractivity contribution in [2.24, 2.45) is 0 Å². The van der Waals surface area contributed by atoms with Gasteiger partial charge in [-0.3, -0.25) is 10.3 Å². The quantitative estimate of drug-likeness (QED) is 0.366. The van der Waals surface area contributed by atoms with Crippen LogP contribution in [0.3, 0.4) is 0 Å². The highest BCUT2D eigenvalue weighted by Crippen LogP contribution is 2.28. The minimum atomic E-state index is -0.308. The van der Waals surface area contributed by atoms with Gasteiger partial charge in [-0.2, -0.15) is 0 Å². The van der Waals surface area contributed by atoms with E-state index in [1.54, 1.807) is 30.5 Å². The Bertz CT molecular complexity index is 1230. The molecule has 4 aromatic rings. The zero-order chi connectivity index (χ0) is 22.3. The molecule has 0 saturated heterocycles. The minimum absolute atomic E-state index is 0.138. The maximum absolute atomic E-state index is 12.2. The van der Waals surface area contributed by atoms with Crippen molar-refractivity contribution in [2.75, 3.05) is 11.9 Å². The summed E-state index contributed by atoms with van der Waals surface area (Å²) in [6, 6.07) is 18.8. The van der Waals surface area contributed by atoms with E-state index in [4.69, 9.17) is 0 Å². The van der Waals surface area contributed by atoms with Gasteiger partial charge in [0.25, 0.3) is 0 Å². The van der Waals surface area contributed by atoms with Crippen molar-refractivity contribution < 1.29 is 9.90 Å². The Morgan fingerprint density at radius 1 is 1.00 bits per heavy atom. The summed E-state index contributed by atoms with van der Waals surface area (Å²) in [6.07, 6.45) is 4.49. The highest BCUT2D eigenvalue weighted by molar-refractivity contribution is 5.89. The fourth-order valence-corrected chi connectivity index (χ4v) is 3.42. The standard InChI is InChI=1S/C25H25N5O2/c1-17-10-11-19(22(31)15-17)21-16-27-20-12-13-23(29-24(20)28-21)30-25(32)26-14-6-5-9-18-7-3-2-4-8-18/h2-4,7-8,10-13,15-16,31H,5-6,9,14H2,1H3,(H2,26,28,29,30,32). The number of nitrogens with zero attached hydrogens (tertiary/aromatic N) is 3. The number of aryl methyl sites for hydroxylation is 2. The van der Waals surface area contributed by atoms with E-state index >= 15 is 0 Å². The van der Waals surface area contributed by atoms with Gasteiger partial charge in [-0.25, -0.2) is 14.8 Å². The number of phenols is 1. The number of hydrogen-bond donors (Lipinski definition) is 3. The smallest absolute Gasteiger partial charge is 0.320 e. The fourth-order valence-electron chi connectivity index (χ4n) is 3.42. The number of amides is 2. The molecule has 32 heavy (non-hydrogen) atoms. The van der Waals surface area contributed by atoms with E-state index in [-0.39, 0.29) is 11.8 Å². The molecule has 0 aliphatic heterocycles. The SMILES string of the molecule is Cc1ccc(-c2cnc3ccc(NC(=O)NCCCCc4ccccc4)nc3n2)c(O)c1. The topological polar surface area (TPSA) is 100 Å². The Kier molecular flexibility index (Phi) is 6.55. The predicted molar refractivity (Wildman–Crippen MR) is 126 cm³/mol. The van der Waals surface area contributed by atoms with E-state index in [2.05, 4.69) is 37.7 Å². The predicted octanol–water partition coefficient (Wildman–Crippen LogP) is 4.85. The number of urea groups is 1. The molecule has 0 atom stereocenters. The zero-order valence-electron chi connectivity index (χ0n) is 17.9. The molecule has 7 nitrogen and oxygen atoms in total. The number of rotatable bonds is 7. The number of aromatic hydroxyl groups is 1. The van der Waals surface area contributed by atoms with Gasteiger partial charge < -0.3 is 10.4 Å². The lowest BCUT2D eigenvalue weighted by molar-refractivity contribution is 0.252. The third-order valence-electron chi connectivity index (χ3n) is 5.10. The van der Waals surface area contributed by atoms with Crippen LogP contribution in [0, 0.1) is 6.92 Å². The van der Waals surface area contributed by atoms with Crippen molar-refractivity contribution in [1.82, 2.24) is 20.3 Å². The van der Waals surface area contributed by atoms with E-state index in [1.165, 1.54) is 5.56 Å². The summed E-state index contributed by atoms with van der Waals surface area (Å²) >= 11 is 0. The van der Waals surface area contributed by atoms with Crippen LogP contribution < -0.4 is 10.6 Å². The third-order valence-corrected chi connectivity index (χ3v) is 5.10. The maximum Gasteiger partial charge on any atom is 0.320 e. The van der Waals surface area contributed by atoms with E-state index < -0.39 is 0 Å². The monoisotopic (exact) mass is 427 g/mol. The number of pyridine rings is 1. The van der Waals surface area contributed by atoms with Crippen LogP contribution in [0.5, 0.6) is 5.75 Å². The van der Waals surface area contributed by atoms with Crippen LogP contribution in [0.2, 0.25) is 0 Å². The van der Waals surface area contributed by atoms with Gasteiger partial charge in [0.05, 0.1) is 11.9 Å². The number of benzene rings is 2. The Balaban J connectivity index is 1.35. The molecule has 0 aliphatic carbocycles. The fraction of sp³-hybridized carbons (Fsp3) is 0.200. The third kappa shape index (κ3) is 5.37. The summed E-state index contributed by atoms with van der Waals surface area (Å²) < 4.78 is 0. The average molecular weight is 428 g/mol. The normalized spacial score (nSPS) is 10.8. The number of fused-ring (bicyclic) bond motifs is 1. The molecule has 3 N–H and O–H groups in total. The van der Waals surface area contributed by atoms with Gasteiger partial charge in [0, 0.05) is 12.1 Å². The average Bonchev–Trinajstić information content (AvgIpc) is 2.79. The molecule has 162 valence electrons. The van der Waals surface area contributed by atoms with Crippen LogP contribution in [0.25, 0.3) is 22.4 Å². The molecule has 0 bridgehead atoms. The summed E-state index contributed by atoms with van der Waals surface area (Å²) in [6.45, 7) is 2.49. The lowest BCUT2D eigenvalue weighted by Crippen LogP contribution is -2.29. The molecule has 4 rings (SSSR count). The number of aromatic nitrogens is 3. The second kappa shape index (κ2) is 9.87. The number of carbonyl (C=O) groups excluding carboxylic acids is 1. The summed E-state index contributed by atoms with van der Waals surface area (Å²) in [5, 5.41) is 15.8. The Morgan fingerprint density at radius 3 is 2.66 bits per heavy atom. The van der Waals surface area contributed by atoms with Gasteiger partial charge in [-0.15, -0.1) is 0 Å². The molecule has 2 aromatic heterocycles. The second-order valence-electron chi connectivity index (χ2n) is 7.64. The number of nitrogens with one attached hydrogen (secondary N) is 2. The summed E-state index contributed by atoms with van der Waals surface area (Å²) in [7, 11) is 0. The van der Waals surface area contributed by atoms with Gasteiger partial charge in [-0.1, -0.05) is 36.4 Å². The molecular formula is C25H25N5O2. The van der Waals surface area contributed by atoms with Gasteiger partial charge in [-0.05, 0) is 61.6 Å². The number of carbonyl (C=O) groups is 1. The van der Waals surface area contributed by atoms with Gasteiger partial charge >= 0.3 is 6.03 Å². The van der Waals surface area contributed by atoms with Gasteiger partial charge in [0.1, 0.15) is 17.1 Å². The number of anilines is 1. The summed E-state index contributed by atoms with van der Waals surface area (Å²) in [5.74, 6) is 0.526. The summed E-state index contributed by atoms with van der Waals surface area (Å²) in [4.78, 5) is 25.5. The summed E-state index contributed by atoms with van der Waals surface area (Å²) in [5.41, 5.74) is 4.35. The van der Waals surface area contributed by atoms with Crippen molar-refractivity contribution in [1.29, 1.82) is 0 Å². The first-order chi connectivity index (χ1) is 15.6. The number of phenolic OH excluding ortho intramolecular Hbond substituents is 1. The van der Waals surface area contributed by atoms with E-state index in [0.717, 1.165) is 24.8 Å². The van der Waals surface area contributed by atoms with Crippen LogP contribution in [0.1, 0.15) is 24.0 Å². The molecule has 0 fully saturated rings. The highest BCUT2D eigenvalue weighted by Gasteiger charge is 2.10. The molecule has 0 spiro atoms. The van der Waals surface area contributed by atoms with Crippen molar-refractivity contribution >= 4 is 23.0 Å². The Morgan fingerprint density at radius 2 is 1.84 bits per heavy atom. The Labute approximate surface area is 186 Å². The number of hydrogen-bond acceptors (Lipinski definition) is 5. The van der Waals surface area contributed by atoms with Crippen molar-refractivity contribution in [3.8, 4) is 17.0 Å². The lowest BCUT2D eigenvalue weighted by Gasteiger charge is -2.09. The highest BCUT2D eigenvalue weighted by atomic mass is 16.3. The molecule has 0 unspecified atom stereocenters. The first-order valence-electron chi connectivity index (χ1n) is 10.6. The number of unbranched alkanes of at least 4 members (excludes halogenated alkanes) is 1. The Hall–Kier alpha value is -4.00. The maximum atomic E-state index is 12.2. The minimum Gasteiger partial charge on any atom is -0.507 e. The molecule has 2 heterocycles. The first kappa shape index (κ1) is 21.2. The van der Waals surface area contributed by atoms with Gasteiger partial charge in [0.2, 0.25) is 0 Å². The molecule has 7 heteroatoms. The molecular weight excluding hydrogens is 402 g/mol. The first-order valence-corrected chi connectivity index (χ1v) is 10.6. The van der Waals surface area contributed by atoms with Crippen LogP contribution >= 0.6 is 0 Å². The molecule has 2 amide bonds. The zero-order valence-corrected chi connectivity index (χ0v) is 17.9. The van der Waals surface area contributed by atoms with E-state index in [1.807, 2.05) is 31.2 Å². The molecule has 0 aliphatic rings. The van der Waals surface area contributed by atoms with Crippen molar-refractivity contribution in [3.63, 3.8) is 0 Å². The lowest BCUT2D eigenvalue weighted by atomic mass is 10.1. The van der Waals surface area contributed by atoms with Crippen molar-refractivity contribution in [3.05, 3.63) is 78.0 Å².